The van der Waals surface area contributed by atoms with Crippen LogP contribution in [0.15, 0.2) is 24.5 Å². The van der Waals surface area contributed by atoms with Crippen molar-refractivity contribution < 1.29 is 4.74 Å². The third-order valence-electron chi connectivity index (χ3n) is 2.98. The first-order valence-corrected chi connectivity index (χ1v) is 7.21. The van der Waals surface area contributed by atoms with Gasteiger partial charge < -0.3 is 10.5 Å². The minimum atomic E-state index is 0.130. The van der Waals surface area contributed by atoms with E-state index in [-0.39, 0.29) is 6.04 Å². The molecule has 0 spiro atoms. The molecular formula is C13H20N2OS. The molecule has 17 heavy (non-hydrogen) atoms. The number of hydrogen-bond donors (Lipinski definition) is 1. The second kappa shape index (κ2) is 6.38. The van der Waals surface area contributed by atoms with Gasteiger partial charge in [-0.1, -0.05) is 6.07 Å². The maximum Gasteiger partial charge on any atom is 0.0666 e. The van der Waals surface area contributed by atoms with Crippen molar-refractivity contribution in [2.24, 2.45) is 5.73 Å². The first-order valence-electron chi connectivity index (χ1n) is 6.16. The summed E-state index contributed by atoms with van der Waals surface area (Å²) < 4.78 is 5.64. The number of pyridine rings is 1. The van der Waals surface area contributed by atoms with Crippen LogP contribution in [0.2, 0.25) is 0 Å². The monoisotopic (exact) mass is 252 g/mol. The van der Waals surface area contributed by atoms with Gasteiger partial charge in [0, 0.05) is 36.0 Å². The standard InChI is InChI=1S/C13H20N2OS/c1-10(14)13(11-4-2-6-15-8-11)17-9-12-5-3-7-16-12/h2,4,6,8,10,12-13H,3,5,7,9,14H2,1H3. The molecule has 0 aromatic carbocycles. The van der Waals surface area contributed by atoms with E-state index in [1.807, 2.05) is 24.0 Å². The quantitative estimate of drug-likeness (QED) is 0.874. The molecule has 3 unspecified atom stereocenters. The van der Waals surface area contributed by atoms with Gasteiger partial charge >= 0.3 is 0 Å². The van der Waals surface area contributed by atoms with Crippen LogP contribution in [0.25, 0.3) is 0 Å². The summed E-state index contributed by atoms with van der Waals surface area (Å²) in [6.07, 6.45) is 6.51. The molecule has 0 aliphatic carbocycles. The zero-order valence-electron chi connectivity index (χ0n) is 10.2. The normalized spacial score (nSPS) is 23.5. The number of nitrogens with two attached hydrogens (primary N) is 1. The van der Waals surface area contributed by atoms with E-state index in [0.717, 1.165) is 12.4 Å². The van der Waals surface area contributed by atoms with Gasteiger partial charge in [-0.3, -0.25) is 4.98 Å². The van der Waals surface area contributed by atoms with Crippen molar-refractivity contribution in [1.29, 1.82) is 0 Å². The lowest BCUT2D eigenvalue weighted by Crippen LogP contribution is -2.24. The van der Waals surface area contributed by atoms with Gasteiger partial charge in [0.1, 0.15) is 0 Å². The van der Waals surface area contributed by atoms with Crippen molar-refractivity contribution in [3.8, 4) is 0 Å². The fourth-order valence-electron chi connectivity index (χ4n) is 2.08. The lowest BCUT2D eigenvalue weighted by Gasteiger charge is -2.22. The van der Waals surface area contributed by atoms with Crippen molar-refractivity contribution >= 4 is 11.8 Å². The van der Waals surface area contributed by atoms with Crippen molar-refractivity contribution in [1.82, 2.24) is 4.98 Å². The second-order valence-electron chi connectivity index (χ2n) is 4.53. The summed E-state index contributed by atoms with van der Waals surface area (Å²) in [5.41, 5.74) is 7.28. The largest absolute Gasteiger partial charge is 0.377 e. The molecule has 2 N–H and O–H groups in total. The van der Waals surface area contributed by atoms with Crippen LogP contribution in [0.3, 0.4) is 0 Å². The van der Waals surface area contributed by atoms with Gasteiger partial charge in [0.25, 0.3) is 0 Å². The average Bonchev–Trinajstić information content (AvgIpc) is 2.83. The molecule has 1 saturated heterocycles. The molecule has 3 atom stereocenters. The van der Waals surface area contributed by atoms with E-state index in [0.29, 0.717) is 11.4 Å². The highest BCUT2D eigenvalue weighted by Gasteiger charge is 2.21. The lowest BCUT2D eigenvalue weighted by molar-refractivity contribution is 0.128. The Labute approximate surface area is 107 Å². The first kappa shape index (κ1) is 12.9. The molecule has 0 amide bonds. The SMILES string of the molecule is CC(N)C(SCC1CCCO1)c1cccnc1. The van der Waals surface area contributed by atoms with Crippen molar-refractivity contribution in [3.63, 3.8) is 0 Å². The van der Waals surface area contributed by atoms with Crippen LogP contribution in [0.5, 0.6) is 0 Å². The fraction of sp³-hybridized carbons (Fsp3) is 0.615. The third kappa shape index (κ3) is 3.69. The predicted octanol–water partition coefficient (Wildman–Crippen LogP) is 2.38. The molecule has 1 aliphatic heterocycles. The van der Waals surface area contributed by atoms with Gasteiger partial charge in [0.2, 0.25) is 0 Å². The van der Waals surface area contributed by atoms with Crippen LogP contribution in [0.4, 0.5) is 0 Å². The Bertz CT molecular complexity index is 325. The van der Waals surface area contributed by atoms with Crippen molar-refractivity contribution in [2.75, 3.05) is 12.4 Å². The van der Waals surface area contributed by atoms with E-state index in [1.54, 1.807) is 6.20 Å². The zero-order valence-corrected chi connectivity index (χ0v) is 11.0. The highest BCUT2D eigenvalue weighted by Crippen LogP contribution is 2.32. The number of rotatable bonds is 5. The number of ether oxygens (including phenoxy) is 1. The summed E-state index contributed by atoms with van der Waals surface area (Å²) in [4.78, 5) is 4.17. The Morgan fingerprint density at radius 3 is 3.12 bits per heavy atom. The average molecular weight is 252 g/mol. The smallest absolute Gasteiger partial charge is 0.0666 e. The van der Waals surface area contributed by atoms with E-state index < -0.39 is 0 Å². The van der Waals surface area contributed by atoms with E-state index in [2.05, 4.69) is 18.0 Å². The van der Waals surface area contributed by atoms with Crippen LogP contribution in [-0.2, 0) is 4.74 Å². The summed E-state index contributed by atoms with van der Waals surface area (Å²) in [6.45, 7) is 2.97. The molecule has 0 bridgehead atoms. The van der Waals surface area contributed by atoms with Crippen LogP contribution in [0, 0.1) is 0 Å². The summed E-state index contributed by atoms with van der Waals surface area (Å²) in [6, 6.07) is 4.20. The number of aromatic nitrogens is 1. The molecule has 2 heterocycles. The van der Waals surface area contributed by atoms with Gasteiger partial charge in [0.05, 0.1) is 6.10 Å². The van der Waals surface area contributed by atoms with Gasteiger partial charge in [-0.05, 0) is 31.4 Å². The van der Waals surface area contributed by atoms with Crippen molar-refractivity contribution in [2.45, 2.75) is 37.2 Å². The number of thioether (sulfide) groups is 1. The molecule has 0 radical (unpaired) electrons. The van der Waals surface area contributed by atoms with Gasteiger partial charge in [0.15, 0.2) is 0 Å². The number of nitrogens with zero attached hydrogens (tertiary/aromatic N) is 1. The molecule has 1 aromatic rings. The second-order valence-corrected chi connectivity index (χ2v) is 5.71. The summed E-state index contributed by atoms with van der Waals surface area (Å²) in [5, 5.41) is 0.313. The van der Waals surface area contributed by atoms with Gasteiger partial charge in [-0.15, -0.1) is 11.8 Å². The van der Waals surface area contributed by atoms with Crippen molar-refractivity contribution in [3.05, 3.63) is 30.1 Å². The molecule has 3 nitrogen and oxygen atoms in total. The summed E-state index contributed by atoms with van der Waals surface area (Å²) >= 11 is 1.89. The van der Waals surface area contributed by atoms with Crippen LogP contribution in [0.1, 0.15) is 30.6 Å². The lowest BCUT2D eigenvalue weighted by atomic mass is 10.1. The first-order chi connectivity index (χ1) is 8.27. The molecule has 4 heteroatoms. The van der Waals surface area contributed by atoms with E-state index >= 15 is 0 Å². The highest BCUT2D eigenvalue weighted by molar-refractivity contribution is 7.99. The van der Waals surface area contributed by atoms with Crippen LogP contribution in [-0.4, -0.2) is 29.5 Å². The molecule has 94 valence electrons. The molecule has 1 aliphatic rings. The van der Waals surface area contributed by atoms with Crippen LogP contribution < -0.4 is 5.73 Å². The molecule has 1 aromatic heterocycles. The molecule has 1 fully saturated rings. The Balaban J connectivity index is 1.93. The number of hydrogen-bond acceptors (Lipinski definition) is 4. The zero-order chi connectivity index (χ0) is 12.1. The molecule has 0 saturated carbocycles. The van der Waals surface area contributed by atoms with E-state index in [4.69, 9.17) is 10.5 Å². The topological polar surface area (TPSA) is 48.1 Å². The molecule has 2 rings (SSSR count). The minimum absolute atomic E-state index is 0.130. The Kier molecular flexibility index (Phi) is 4.83. The van der Waals surface area contributed by atoms with Crippen LogP contribution >= 0.6 is 11.8 Å². The molecular weight excluding hydrogens is 232 g/mol. The Morgan fingerprint density at radius 1 is 1.65 bits per heavy atom. The van der Waals surface area contributed by atoms with E-state index in [9.17, 15) is 0 Å². The Hall–Kier alpha value is -0.580. The maximum atomic E-state index is 6.06. The van der Waals surface area contributed by atoms with Gasteiger partial charge in [-0.25, -0.2) is 0 Å². The van der Waals surface area contributed by atoms with E-state index in [1.165, 1.54) is 18.4 Å². The summed E-state index contributed by atoms with van der Waals surface area (Å²) in [7, 11) is 0. The maximum absolute atomic E-state index is 6.06. The third-order valence-corrected chi connectivity index (χ3v) is 4.60. The summed E-state index contributed by atoms with van der Waals surface area (Å²) in [5.74, 6) is 1.03. The minimum Gasteiger partial charge on any atom is -0.377 e. The highest BCUT2D eigenvalue weighted by atomic mass is 32.2. The Morgan fingerprint density at radius 2 is 2.53 bits per heavy atom. The van der Waals surface area contributed by atoms with Gasteiger partial charge in [-0.2, -0.15) is 0 Å². The fourth-order valence-corrected chi connectivity index (χ4v) is 3.40. The predicted molar refractivity (Wildman–Crippen MR) is 72.1 cm³/mol.